The number of aliphatic hydroxyl groups is 1. The van der Waals surface area contributed by atoms with Gasteiger partial charge < -0.3 is 43.6 Å². The summed E-state index contributed by atoms with van der Waals surface area (Å²) in [4.78, 5) is 48.9. The predicted molar refractivity (Wildman–Crippen MR) is 228 cm³/mol. The highest BCUT2D eigenvalue weighted by Gasteiger charge is 2.52. The maximum absolute atomic E-state index is 12.4. The number of aryl methyl sites for hydroxylation is 1. The van der Waals surface area contributed by atoms with Crippen molar-refractivity contribution in [3.63, 3.8) is 0 Å². The SMILES string of the molecule is CC(=O)OC[C@H]1O[C@@H](CC(=S)Nc2cccc(C3O[C@H](CSc4nnc(C)s4)[C@@H](c4ccccc4)[C@H](c4ccc(CO)cc4)O3)c2)[C@H](OC(C)=O)[C@@H](OC(C)=O)[C@@H]1OC(C)=O. The fourth-order valence-corrected chi connectivity index (χ4v) is 9.47. The summed E-state index contributed by atoms with van der Waals surface area (Å²) >= 11 is 8.91. The van der Waals surface area contributed by atoms with Crippen LogP contribution in [-0.4, -0.2) is 93.2 Å². The number of thiocarbonyl (C=S) groups is 1. The van der Waals surface area contributed by atoms with Crippen molar-refractivity contribution in [2.24, 2.45) is 0 Å². The number of nitrogens with one attached hydrogen (secondary N) is 1. The maximum Gasteiger partial charge on any atom is 0.303 e. The van der Waals surface area contributed by atoms with Gasteiger partial charge in [0.1, 0.15) is 23.8 Å². The Morgan fingerprint density at radius 2 is 1.41 bits per heavy atom. The Bertz CT molecular complexity index is 2160. The topological polar surface area (TPSA) is 191 Å². The summed E-state index contributed by atoms with van der Waals surface area (Å²) in [6.07, 6.45) is -7.65. The minimum absolute atomic E-state index is 0.0515. The summed E-state index contributed by atoms with van der Waals surface area (Å²) in [5.41, 5.74) is 4.02. The normalized spacial score (nSPS) is 24.9. The largest absolute Gasteiger partial charge is 0.463 e. The summed E-state index contributed by atoms with van der Waals surface area (Å²) in [5.74, 6) is -2.44. The van der Waals surface area contributed by atoms with Crippen LogP contribution in [0.1, 0.15) is 79.7 Å². The zero-order valence-corrected chi connectivity index (χ0v) is 36.5. The van der Waals surface area contributed by atoms with Crippen LogP contribution >= 0.6 is 35.3 Å². The minimum atomic E-state index is -1.31. The zero-order valence-electron chi connectivity index (χ0n) is 34.1. The van der Waals surface area contributed by atoms with Gasteiger partial charge in [0.25, 0.3) is 0 Å². The molecule has 0 radical (unpaired) electrons. The number of carbonyl (C=O) groups is 4. The van der Waals surface area contributed by atoms with Crippen LogP contribution in [0.5, 0.6) is 0 Å². The number of anilines is 1. The minimum Gasteiger partial charge on any atom is -0.463 e. The van der Waals surface area contributed by atoms with Crippen molar-refractivity contribution in [2.45, 2.75) is 107 Å². The smallest absolute Gasteiger partial charge is 0.303 e. The molecular formula is C43H47N3O12S3. The van der Waals surface area contributed by atoms with Crippen LogP contribution in [0.25, 0.3) is 0 Å². The van der Waals surface area contributed by atoms with E-state index in [-0.39, 0.29) is 36.6 Å². The Labute approximate surface area is 366 Å². The number of thioether (sulfide) groups is 1. The molecule has 2 fully saturated rings. The number of carbonyl (C=O) groups excluding carboxylic acids is 4. The summed E-state index contributed by atoms with van der Waals surface area (Å²) in [6.45, 7) is 6.19. The lowest BCUT2D eigenvalue weighted by molar-refractivity contribution is -0.255. The third kappa shape index (κ3) is 12.4. The number of rotatable bonds is 15. The average molecular weight is 894 g/mol. The first-order valence-electron chi connectivity index (χ1n) is 19.5. The van der Waals surface area contributed by atoms with E-state index in [9.17, 15) is 24.3 Å². The molecule has 2 N–H and O–H groups in total. The molecule has 61 heavy (non-hydrogen) atoms. The molecular weight excluding hydrogens is 847 g/mol. The summed E-state index contributed by atoms with van der Waals surface area (Å²) in [5, 5.41) is 22.4. The molecule has 6 rings (SSSR count). The van der Waals surface area contributed by atoms with E-state index in [2.05, 4.69) is 27.6 Å². The molecule has 0 saturated carbocycles. The van der Waals surface area contributed by atoms with Gasteiger partial charge in [-0.2, -0.15) is 0 Å². The molecule has 2 saturated heterocycles. The van der Waals surface area contributed by atoms with E-state index in [1.807, 2.05) is 73.7 Å². The number of hydrogen-bond acceptors (Lipinski definition) is 17. The monoisotopic (exact) mass is 893 g/mol. The van der Waals surface area contributed by atoms with Gasteiger partial charge in [0.15, 0.2) is 28.9 Å². The molecule has 15 nitrogen and oxygen atoms in total. The molecule has 3 aromatic carbocycles. The number of hydrogen-bond donors (Lipinski definition) is 2. The second-order valence-electron chi connectivity index (χ2n) is 14.4. The molecule has 1 aromatic heterocycles. The molecule has 4 aromatic rings. The van der Waals surface area contributed by atoms with Gasteiger partial charge in [-0.15, -0.1) is 10.2 Å². The Morgan fingerprint density at radius 3 is 2.03 bits per heavy atom. The molecule has 1 unspecified atom stereocenters. The average Bonchev–Trinajstić information content (AvgIpc) is 3.65. The van der Waals surface area contributed by atoms with Gasteiger partial charge in [0, 0.05) is 57.0 Å². The molecule has 3 heterocycles. The Balaban J connectivity index is 1.27. The molecule has 0 aliphatic carbocycles. The van der Waals surface area contributed by atoms with Crippen LogP contribution in [-0.2, 0) is 58.9 Å². The van der Waals surface area contributed by atoms with Crippen LogP contribution in [0.15, 0.2) is 83.2 Å². The predicted octanol–water partition coefficient (Wildman–Crippen LogP) is 6.33. The van der Waals surface area contributed by atoms with Gasteiger partial charge in [0.05, 0.1) is 23.8 Å². The van der Waals surface area contributed by atoms with E-state index in [1.165, 1.54) is 25.2 Å². The third-order valence-corrected chi connectivity index (χ3v) is 12.1. The van der Waals surface area contributed by atoms with E-state index in [0.29, 0.717) is 17.0 Å². The van der Waals surface area contributed by atoms with Gasteiger partial charge >= 0.3 is 23.9 Å². The molecule has 18 heteroatoms. The van der Waals surface area contributed by atoms with Gasteiger partial charge in [0.2, 0.25) is 0 Å². The number of ether oxygens (including phenoxy) is 7. The number of nitrogens with zero attached hydrogens (tertiary/aromatic N) is 2. The maximum atomic E-state index is 12.4. The van der Waals surface area contributed by atoms with Crippen LogP contribution in [0, 0.1) is 6.92 Å². The van der Waals surface area contributed by atoms with Crippen molar-refractivity contribution in [3.05, 3.63) is 106 Å². The highest BCUT2D eigenvalue weighted by molar-refractivity contribution is 8.01. The number of benzene rings is 3. The number of aliphatic hydroxyl groups excluding tert-OH is 1. The lowest BCUT2D eigenvalue weighted by atomic mass is 9.84. The summed E-state index contributed by atoms with van der Waals surface area (Å²) in [7, 11) is 0. The quantitative estimate of drug-likeness (QED) is 0.0582. The van der Waals surface area contributed by atoms with E-state index >= 15 is 0 Å². The van der Waals surface area contributed by atoms with E-state index in [4.69, 9.17) is 45.4 Å². The van der Waals surface area contributed by atoms with Crippen molar-refractivity contribution in [1.82, 2.24) is 10.2 Å². The Hall–Kier alpha value is -4.82. The van der Waals surface area contributed by atoms with Crippen molar-refractivity contribution >= 4 is 69.9 Å². The Kier molecular flexibility index (Phi) is 16.0. The van der Waals surface area contributed by atoms with Gasteiger partial charge in [-0.25, -0.2) is 0 Å². The van der Waals surface area contributed by atoms with Crippen LogP contribution in [0.2, 0.25) is 0 Å². The fourth-order valence-electron chi connectivity index (χ4n) is 7.28. The zero-order chi connectivity index (χ0) is 43.6. The van der Waals surface area contributed by atoms with Gasteiger partial charge in [-0.05, 0) is 35.7 Å². The van der Waals surface area contributed by atoms with E-state index < -0.39 is 66.8 Å². The molecule has 324 valence electrons. The van der Waals surface area contributed by atoms with Crippen LogP contribution in [0.3, 0.4) is 0 Å². The number of aromatic nitrogens is 2. The molecule has 0 spiro atoms. The first kappa shape index (κ1) is 45.7. The number of esters is 4. The first-order chi connectivity index (χ1) is 29.3. The molecule has 2 aliphatic heterocycles. The van der Waals surface area contributed by atoms with Gasteiger partial charge in [-0.3, -0.25) is 19.2 Å². The fraction of sp³-hybridized carbons (Fsp3) is 0.419. The van der Waals surface area contributed by atoms with Crippen molar-refractivity contribution in [3.8, 4) is 0 Å². The lowest BCUT2D eigenvalue weighted by Gasteiger charge is -2.44. The van der Waals surface area contributed by atoms with Gasteiger partial charge in [-0.1, -0.05) is 102 Å². The highest BCUT2D eigenvalue weighted by Crippen LogP contribution is 2.48. The van der Waals surface area contributed by atoms with Crippen LogP contribution < -0.4 is 5.32 Å². The third-order valence-electron chi connectivity index (χ3n) is 9.77. The standard InChI is InChI=1S/C43H47N3O12S3/c1-23-45-46-43(61-23)60-22-35-37(29-10-7-6-8-11-29)38(30-16-14-28(20-47)15-17-30)58-42(57-35)31-12-9-13-32(18-31)44-36(59)19-33-39(53-25(3)49)41(55-27(5)51)40(54-26(4)50)34(56-33)21-52-24(2)48/h6-18,33-35,37-42,47H,19-22H2,1-5H3,(H,44,59)/t33-,34+,35+,37+,38-,39-,40+,41+,42?/m0/s1. The molecule has 2 aliphatic rings. The van der Waals surface area contributed by atoms with Crippen molar-refractivity contribution < 1.29 is 57.4 Å². The van der Waals surface area contributed by atoms with E-state index in [0.717, 1.165) is 39.9 Å². The van der Waals surface area contributed by atoms with Crippen LogP contribution in [0.4, 0.5) is 5.69 Å². The lowest BCUT2D eigenvalue weighted by Crippen LogP contribution is -2.62. The summed E-state index contributed by atoms with van der Waals surface area (Å²) in [6, 6.07) is 25.2. The summed E-state index contributed by atoms with van der Waals surface area (Å²) < 4.78 is 42.8. The molecule has 0 bridgehead atoms. The molecule has 0 amide bonds. The Morgan fingerprint density at radius 1 is 0.754 bits per heavy atom. The molecule has 9 atom stereocenters. The van der Waals surface area contributed by atoms with Crippen molar-refractivity contribution in [1.29, 1.82) is 0 Å². The second-order valence-corrected chi connectivity index (χ2v) is 17.4. The van der Waals surface area contributed by atoms with Crippen molar-refractivity contribution in [2.75, 3.05) is 17.7 Å². The highest BCUT2D eigenvalue weighted by atomic mass is 32.2. The second kappa shape index (κ2) is 21.3. The first-order valence-corrected chi connectivity index (χ1v) is 21.7. The van der Waals surface area contributed by atoms with E-state index in [1.54, 1.807) is 11.8 Å².